The van der Waals surface area contributed by atoms with E-state index < -0.39 is 12.1 Å². The molecular weight excluding hydrogens is 532 g/mol. The Morgan fingerprint density at radius 2 is 1.95 bits per heavy atom. The normalized spacial score (nSPS) is 21.0. The molecule has 2 aromatic carbocycles. The SMILES string of the molecule is Cc1cccc2cccc(N3CCNc4c(nc(OC[C@@H]5CCCN5C)nc4N4CCN(C(=O)O)[C@@H](CC#N)C4)C3)c12. The smallest absolute Gasteiger partial charge is 0.407 e. The molecule has 0 spiro atoms. The number of aromatic nitrogens is 2. The first-order chi connectivity index (χ1) is 20.4. The van der Waals surface area contributed by atoms with Crippen molar-refractivity contribution in [2.75, 3.05) is 68.0 Å². The third-order valence-electron chi connectivity index (χ3n) is 8.83. The van der Waals surface area contributed by atoms with E-state index in [1.807, 2.05) is 0 Å². The molecule has 0 saturated carbocycles. The predicted molar refractivity (Wildman–Crippen MR) is 162 cm³/mol. The molecule has 1 aromatic heterocycles. The number of amides is 1. The van der Waals surface area contributed by atoms with E-state index in [0.717, 1.165) is 37.3 Å². The van der Waals surface area contributed by atoms with Crippen LogP contribution in [-0.4, -0.2) is 96.0 Å². The van der Waals surface area contributed by atoms with Crippen LogP contribution in [0.2, 0.25) is 0 Å². The number of benzene rings is 2. The number of piperazine rings is 1. The summed E-state index contributed by atoms with van der Waals surface area (Å²) in [5.41, 5.74) is 4.09. The second-order valence-corrected chi connectivity index (χ2v) is 11.5. The zero-order valence-corrected chi connectivity index (χ0v) is 24.3. The van der Waals surface area contributed by atoms with Gasteiger partial charge in [-0.1, -0.05) is 30.3 Å². The predicted octanol–water partition coefficient (Wildman–Crippen LogP) is 3.93. The van der Waals surface area contributed by atoms with Crippen molar-refractivity contribution in [1.29, 1.82) is 5.26 Å². The quantitative estimate of drug-likeness (QED) is 0.451. The summed E-state index contributed by atoms with van der Waals surface area (Å²) in [6, 6.07) is 15.2. The van der Waals surface area contributed by atoms with Crippen molar-refractivity contribution in [2.45, 2.75) is 44.8 Å². The zero-order chi connectivity index (χ0) is 29.2. The van der Waals surface area contributed by atoms with Crippen molar-refractivity contribution in [3.8, 4) is 12.1 Å². The number of likely N-dealkylation sites (N-methyl/N-ethyl adjacent to an activating group) is 1. The van der Waals surface area contributed by atoms with Crippen LogP contribution in [0.1, 0.15) is 30.5 Å². The second kappa shape index (κ2) is 11.9. The standard InChI is InChI=1S/C31H38N8O3/c1-21-6-3-7-22-8-4-10-26(27(21)22)37-15-13-33-28-25(19-37)34-30(42-20-24-9-5-14-36(24)2)35-29(28)38-16-17-39(31(40)41)23(18-38)11-12-32/h3-4,6-8,10,23-24,33H,5,9,11,13-20H2,1-2H3,(H,40,41)/t23-,24-/m0/s1. The number of ether oxygens (including phenoxy) is 1. The van der Waals surface area contributed by atoms with Crippen molar-refractivity contribution < 1.29 is 14.6 Å². The Balaban J connectivity index is 1.37. The van der Waals surface area contributed by atoms with E-state index in [-0.39, 0.29) is 6.42 Å². The largest absolute Gasteiger partial charge is 0.465 e. The molecule has 2 saturated heterocycles. The van der Waals surface area contributed by atoms with Crippen molar-refractivity contribution in [3.05, 3.63) is 47.7 Å². The highest BCUT2D eigenvalue weighted by Crippen LogP contribution is 2.36. The average molecular weight is 571 g/mol. The molecule has 3 aromatic rings. The number of rotatable bonds is 6. The summed E-state index contributed by atoms with van der Waals surface area (Å²) < 4.78 is 6.27. The fraction of sp³-hybridized carbons (Fsp3) is 0.484. The first kappa shape index (κ1) is 27.8. The molecule has 0 bridgehead atoms. The van der Waals surface area contributed by atoms with Gasteiger partial charge in [-0.05, 0) is 50.4 Å². The Morgan fingerprint density at radius 1 is 1.12 bits per heavy atom. The molecule has 3 aliphatic rings. The number of nitriles is 1. The van der Waals surface area contributed by atoms with Crippen molar-refractivity contribution >= 4 is 34.1 Å². The lowest BCUT2D eigenvalue weighted by molar-refractivity contribution is 0.119. The molecule has 6 rings (SSSR count). The van der Waals surface area contributed by atoms with Gasteiger partial charge in [0, 0.05) is 49.8 Å². The number of hydrogen-bond donors (Lipinski definition) is 2. The van der Waals surface area contributed by atoms with Gasteiger partial charge in [-0.3, -0.25) is 0 Å². The number of nitrogens with one attached hydrogen (secondary N) is 1. The van der Waals surface area contributed by atoms with Crippen LogP contribution >= 0.6 is 0 Å². The zero-order valence-electron chi connectivity index (χ0n) is 24.3. The lowest BCUT2D eigenvalue weighted by Gasteiger charge is -2.40. The van der Waals surface area contributed by atoms with E-state index >= 15 is 0 Å². The molecule has 11 heteroatoms. The summed E-state index contributed by atoms with van der Waals surface area (Å²) in [4.78, 5) is 29.9. The van der Waals surface area contributed by atoms with Gasteiger partial charge in [0.2, 0.25) is 0 Å². The van der Waals surface area contributed by atoms with Gasteiger partial charge in [0.05, 0.1) is 30.8 Å². The summed E-state index contributed by atoms with van der Waals surface area (Å²) in [5.74, 6) is 0.707. The maximum absolute atomic E-state index is 11.9. The number of carbonyl (C=O) groups is 1. The van der Waals surface area contributed by atoms with Gasteiger partial charge >= 0.3 is 12.1 Å². The number of anilines is 3. The highest BCUT2D eigenvalue weighted by molar-refractivity contribution is 5.97. The Labute approximate surface area is 246 Å². The molecule has 3 aliphatic heterocycles. The van der Waals surface area contributed by atoms with E-state index in [4.69, 9.17) is 14.7 Å². The Bertz CT molecular complexity index is 1500. The Kier molecular flexibility index (Phi) is 7.89. The minimum absolute atomic E-state index is 0.120. The molecule has 4 heterocycles. The van der Waals surface area contributed by atoms with E-state index in [9.17, 15) is 15.2 Å². The molecule has 11 nitrogen and oxygen atoms in total. The van der Waals surface area contributed by atoms with Crippen LogP contribution < -0.4 is 19.9 Å². The van der Waals surface area contributed by atoms with E-state index in [1.54, 1.807) is 0 Å². The monoisotopic (exact) mass is 570 g/mol. The number of fused-ring (bicyclic) bond motifs is 2. The lowest BCUT2D eigenvalue weighted by atomic mass is 10.0. The van der Waals surface area contributed by atoms with E-state index in [0.29, 0.717) is 57.2 Å². The third kappa shape index (κ3) is 5.46. The van der Waals surface area contributed by atoms with Crippen LogP contribution in [0.5, 0.6) is 6.01 Å². The van der Waals surface area contributed by atoms with Gasteiger partial charge in [0.15, 0.2) is 5.82 Å². The first-order valence-corrected chi connectivity index (χ1v) is 14.8. The van der Waals surface area contributed by atoms with Crippen LogP contribution in [0, 0.1) is 18.3 Å². The van der Waals surface area contributed by atoms with Gasteiger partial charge in [-0.25, -0.2) is 4.79 Å². The molecule has 42 heavy (non-hydrogen) atoms. The number of likely N-dealkylation sites (tertiary alicyclic amines) is 1. The summed E-state index contributed by atoms with van der Waals surface area (Å²) in [7, 11) is 2.12. The van der Waals surface area contributed by atoms with Crippen molar-refractivity contribution in [3.63, 3.8) is 0 Å². The minimum atomic E-state index is -1.000. The minimum Gasteiger partial charge on any atom is -0.465 e. The van der Waals surface area contributed by atoms with Gasteiger partial charge in [-0.15, -0.1) is 0 Å². The van der Waals surface area contributed by atoms with Gasteiger partial charge in [0.25, 0.3) is 0 Å². The topological polar surface area (TPSA) is 121 Å². The molecule has 0 aliphatic carbocycles. The van der Waals surface area contributed by atoms with E-state index in [2.05, 4.69) is 76.5 Å². The lowest BCUT2D eigenvalue weighted by Crippen LogP contribution is -2.55. The molecule has 2 atom stereocenters. The van der Waals surface area contributed by atoms with Crippen LogP contribution in [0.4, 0.5) is 22.0 Å². The molecule has 220 valence electrons. The van der Waals surface area contributed by atoms with Crippen LogP contribution in [0.15, 0.2) is 36.4 Å². The number of hydrogen-bond acceptors (Lipinski definition) is 9. The Hall–Kier alpha value is -4.30. The summed E-state index contributed by atoms with van der Waals surface area (Å²) >= 11 is 0. The molecule has 0 radical (unpaired) electrons. The number of aryl methyl sites for hydroxylation is 1. The maximum Gasteiger partial charge on any atom is 0.407 e. The maximum atomic E-state index is 11.9. The fourth-order valence-electron chi connectivity index (χ4n) is 6.55. The molecular formula is C31H38N8O3. The van der Waals surface area contributed by atoms with Crippen LogP contribution in [0.3, 0.4) is 0 Å². The molecule has 0 unspecified atom stereocenters. The fourth-order valence-corrected chi connectivity index (χ4v) is 6.55. The third-order valence-corrected chi connectivity index (χ3v) is 8.83. The first-order valence-electron chi connectivity index (χ1n) is 14.8. The second-order valence-electron chi connectivity index (χ2n) is 11.5. The van der Waals surface area contributed by atoms with E-state index in [1.165, 1.54) is 26.9 Å². The highest BCUT2D eigenvalue weighted by atomic mass is 16.5. The highest BCUT2D eigenvalue weighted by Gasteiger charge is 2.34. The van der Waals surface area contributed by atoms with Gasteiger partial charge in [-0.2, -0.15) is 15.2 Å². The number of nitrogens with zero attached hydrogens (tertiary/aromatic N) is 7. The summed E-state index contributed by atoms with van der Waals surface area (Å²) in [6.07, 6.45) is 1.35. The van der Waals surface area contributed by atoms with Crippen molar-refractivity contribution in [1.82, 2.24) is 19.8 Å². The number of carboxylic acid groups (broad SMARTS) is 1. The average Bonchev–Trinajstić information content (AvgIpc) is 3.27. The summed E-state index contributed by atoms with van der Waals surface area (Å²) in [6.45, 7) is 6.90. The van der Waals surface area contributed by atoms with Crippen molar-refractivity contribution in [2.24, 2.45) is 0 Å². The van der Waals surface area contributed by atoms with Crippen LogP contribution in [0.25, 0.3) is 10.8 Å². The molecule has 2 fully saturated rings. The summed E-state index contributed by atoms with van der Waals surface area (Å²) in [5, 5.41) is 25.2. The molecule has 1 amide bonds. The van der Waals surface area contributed by atoms with Crippen LogP contribution in [-0.2, 0) is 6.54 Å². The van der Waals surface area contributed by atoms with Gasteiger partial charge in [0.1, 0.15) is 12.3 Å². The Morgan fingerprint density at radius 3 is 2.71 bits per heavy atom. The molecule has 2 N–H and O–H groups in total. The van der Waals surface area contributed by atoms with Gasteiger partial charge < -0.3 is 34.8 Å².